The SMILES string of the molecule is C.CCc1nc2ccc(-c3cnc(N4CCN(C(=O)N5CCCC5)CC4)nc3)cn2c1N(C)c1nc(-c2ccc(F)cc2)c(C#N)s1.CCc1nc2ccc(-c3cnc(N4CCNCC4)nc3)cn2c1N(C)c1nc(-c2ccc(F)cc2)c(C#N)s1.[2H]CC. The van der Waals surface area contributed by atoms with Gasteiger partial charge < -0.3 is 34.7 Å². The fourth-order valence-corrected chi connectivity index (χ4v) is 12.6. The minimum Gasteiger partial charge on any atom is -0.338 e. The molecule has 0 unspecified atom stereocenters. The fourth-order valence-electron chi connectivity index (χ4n) is 10.9. The van der Waals surface area contributed by atoms with Crippen LogP contribution in [0.1, 0.15) is 70.5 Å². The van der Waals surface area contributed by atoms with Gasteiger partial charge in [-0.2, -0.15) is 10.5 Å². The van der Waals surface area contributed by atoms with Crippen molar-refractivity contribution in [2.24, 2.45) is 0 Å². The molecule has 2 aromatic carbocycles. The predicted molar refractivity (Wildman–Crippen MR) is 345 cm³/mol. The summed E-state index contributed by atoms with van der Waals surface area (Å²) < 4.78 is 37.3. The topological polar surface area (TPSA) is 208 Å². The molecule has 3 aliphatic rings. The molecule has 8 aromatic heterocycles. The Morgan fingerprint density at radius 3 is 1.36 bits per heavy atom. The number of amides is 2. The molecule has 0 bridgehead atoms. The second-order valence-corrected chi connectivity index (χ2v) is 22.7. The number of imidazole rings is 2. The Hall–Kier alpha value is -9.49. The molecule has 0 atom stereocenters. The van der Waals surface area contributed by atoms with Crippen LogP contribution in [0.4, 0.5) is 47.4 Å². The summed E-state index contributed by atoms with van der Waals surface area (Å²) in [6.45, 7) is 14.5. The number of fused-ring (bicyclic) bond motifs is 2. The van der Waals surface area contributed by atoms with Crippen molar-refractivity contribution < 1.29 is 14.9 Å². The third-order valence-electron chi connectivity index (χ3n) is 15.4. The molecule has 0 radical (unpaired) electrons. The van der Waals surface area contributed by atoms with Crippen molar-refractivity contribution in [3.8, 4) is 56.9 Å². The van der Waals surface area contributed by atoms with E-state index < -0.39 is 0 Å². The van der Waals surface area contributed by atoms with Crippen LogP contribution in [0.25, 0.3) is 56.1 Å². The first-order valence-corrected chi connectivity index (χ1v) is 30.6. The van der Waals surface area contributed by atoms with E-state index in [1.165, 1.54) is 46.9 Å². The molecule has 3 saturated heterocycles. The Bertz CT molecular complexity index is 4140. The van der Waals surface area contributed by atoms with E-state index in [0.717, 1.165) is 121 Å². The number of hydrogen-bond donors (Lipinski definition) is 1. The molecule has 2 amide bonds. The number of halogens is 2. The molecule has 10 aromatic rings. The predicted octanol–water partition coefficient (Wildman–Crippen LogP) is 11.9. The molecule has 24 heteroatoms. The molecule has 452 valence electrons. The highest BCUT2D eigenvalue weighted by molar-refractivity contribution is 7.17. The van der Waals surface area contributed by atoms with Gasteiger partial charge in [0.15, 0.2) is 10.3 Å². The minimum atomic E-state index is -0.340. The molecule has 13 rings (SSSR count). The molecule has 3 aliphatic heterocycles. The van der Waals surface area contributed by atoms with E-state index >= 15 is 0 Å². The number of urea groups is 1. The van der Waals surface area contributed by atoms with Crippen molar-refractivity contribution >= 4 is 73.8 Å². The first kappa shape index (κ1) is 60.2. The van der Waals surface area contributed by atoms with Gasteiger partial charge in [-0.25, -0.2) is 53.4 Å². The Morgan fingerprint density at radius 1 is 0.580 bits per heavy atom. The zero-order valence-electron chi connectivity index (χ0n) is 50.0. The van der Waals surface area contributed by atoms with Crippen molar-refractivity contribution in [1.82, 2.24) is 63.8 Å². The highest BCUT2D eigenvalue weighted by Gasteiger charge is 2.29. The summed E-state index contributed by atoms with van der Waals surface area (Å²) in [5.74, 6) is 2.45. The van der Waals surface area contributed by atoms with Crippen LogP contribution in [-0.2, 0) is 12.8 Å². The number of nitrogens with zero attached hydrogens (tertiary/aromatic N) is 18. The van der Waals surface area contributed by atoms with Crippen molar-refractivity contribution in [1.29, 1.82) is 10.5 Å². The number of benzene rings is 2. The first-order valence-electron chi connectivity index (χ1n) is 29.6. The van der Waals surface area contributed by atoms with Crippen LogP contribution in [-0.4, -0.2) is 144 Å². The number of aryl methyl sites for hydroxylation is 2. The summed E-state index contributed by atoms with van der Waals surface area (Å²) in [5, 5.41) is 24.3. The van der Waals surface area contributed by atoms with Gasteiger partial charge in [-0.1, -0.05) is 57.8 Å². The van der Waals surface area contributed by atoms with Gasteiger partial charge in [-0.05, 0) is 98.5 Å². The average Bonchev–Trinajstić information content (AvgIpc) is 2.22. The number of hydrogen-bond acceptors (Lipinski definition) is 18. The maximum Gasteiger partial charge on any atom is 0.320 e. The highest BCUT2D eigenvalue weighted by atomic mass is 32.1. The molecule has 0 spiro atoms. The van der Waals surface area contributed by atoms with Crippen LogP contribution >= 0.6 is 22.7 Å². The van der Waals surface area contributed by atoms with Crippen LogP contribution in [0.5, 0.6) is 0 Å². The van der Waals surface area contributed by atoms with Gasteiger partial charge in [0.2, 0.25) is 11.9 Å². The lowest BCUT2D eigenvalue weighted by molar-refractivity contribution is 0.159. The van der Waals surface area contributed by atoms with Crippen LogP contribution < -0.4 is 24.9 Å². The first-order chi connectivity index (χ1) is 42.9. The zero-order valence-corrected chi connectivity index (χ0v) is 50.7. The summed E-state index contributed by atoms with van der Waals surface area (Å²) in [5.41, 5.74) is 9.54. The van der Waals surface area contributed by atoms with E-state index in [9.17, 15) is 24.1 Å². The van der Waals surface area contributed by atoms with Gasteiger partial charge in [0, 0.05) is 151 Å². The number of piperazine rings is 2. The fraction of sp³-hybridized carbons (Fsp3) is 0.328. The highest BCUT2D eigenvalue weighted by Crippen LogP contribution is 2.40. The number of rotatable bonds is 12. The summed E-state index contributed by atoms with van der Waals surface area (Å²) in [4.78, 5) is 63.8. The van der Waals surface area contributed by atoms with E-state index in [0.29, 0.717) is 88.0 Å². The van der Waals surface area contributed by atoms with Crippen LogP contribution in [0.15, 0.2) is 110 Å². The van der Waals surface area contributed by atoms with E-state index in [1.807, 2.05) is 104 Å². The molecule has 0 saturated carbocycles. The Kier molecular flexibility index (Phi) is 18.8. The lowest BCUT2D eigenvalue weighted by atomic mass is 10.1. The smallest absolute Gasteiger partial charge is 0.320 e. The number of carbonyl (C=O) groups excluding carboxylic acids is 1. The van der Waals surface area contributed by atoms with Gasteiger partial charge in [-0.3, -0.25) is 8.80 Å². The third-order valence-corrected chi connectivity index (χ3v) is 17.5. The van der Waals surface area contributed by atoms with Gasteiger partial charge in [0.25, 0.3) is 0 Å². The standard InChI is InChI=1S/C33H33FN10OS.C28H26FN9S.C2H6.CH4/c1-3-26-30(40(2)32-39-29(27(18-35)46-32)22-6-9-25(34)10-7-22)44-21-23(8-11-28(44)38-26)24-19-36-31(37-20-24)41-14-16-43(17-15-41)33(45)42-12-4-5-13-42;1-3-22-26(36(2)28-35-25(23(14-30)39-28)18-4-7-21(29)8-5-18)38-17-19(6-9-24(38)34-22)20-15-32-27(33-16-20)37-12-10-31-11-13-37;1-2;/h6-11,19-21H,3-5,12-17H2,1-2H3;4-9,15-17,31H,3,10-13H2,1-2H3;1-2H3;1H4/i;;1D;. The number of pyridine rings is 2. The number of nitrogens with one attached hydrogen (secondary N) is 1. The Labute approximate surface area is 520 Å². The van der Waals surface area contributed by atoms with E-state index in [1.54, 1.807) is 31.2 Å². The number of anilines is 6. The van der Waals surface area contributed by atoms with Gasteiger partial charge >= 0.3 is 6.03 Å². The number of likely N-dealkylation sites (tertiary alicyclic amines) is 1. The summed E-state index contributed by atoms with van der Waals surface area (Å²) in [7, 11) is 3.84. The Balaban J connectivity index is 0.000000188. The average molecular weight is 1220 g/mol. The summed E-state index contributed by atoms with van der Waals surface area (Å²) >= 11 is 2.58. The number of thiazole rings is 2. The number of carbonyl (C=O) groups is 1. The lowest BCUT2D eigenvalue weighted by Crippen LogP contribution is -2.52. The van der Waals surface area contributed by atoms with Crippen LogP contribution in [0, 0.1) is 34.3 Å². The molecule has 0 aliphatic carbocycles. The molecular formula is C64H69F2N19OS2. The molecule has 20 nitrogen and oxygen atoms in total. The minimum absolute atomic E-state index is 0. The lowest BCUT2D eigenvalue weighted by Gasteiger charge is -2.36. The zero-order chi connectivity index (χ0) is 61.4. The quantitative estimate of drug-likeness (QED) is 0.121. The van der Waals surface area contributed by atoms with Crippen molar-refractivity contribution in [2.45, 2.75) is 60.8 Å². The van der Waals surface area contributed by atoms with Gasteiger partial charge in [-0.15, -0.1) is 0 Å². The monoisotopic (exact) mass is 1220 g/mol. The van der Waals surface area contributed by atoms with Crippen molar-refractivity contribution in [3.63, 3.8) is 0 Å². The molecular weight excluding hydrogens is 1150 g/mol. The van der Waals surface area contributed by atoms with Gasteiger partial charge in [0.05, 0.1) is 11.4 Å². The van der Waals surface area contributed by atoms with Crippen LogP contribution in [0.3, 0.4) is 0 Å². The molecule has 11 heterocycles. The molecule has 3 fully saturated rings. The van der Waals surface area contributed by atoms with E-state index in [-0.39, 0.29) is 25.1 Å². The van der Waals surface area contributed by atoms with E-state index in [2.05, 4.69) is 51.1 Å². The second kappa shape index (κ2) is 27.5. The summed E-state index contributed by atoms with van der Waals surface area (Å²) in [6.07, 6.45) is 15.1. The third kappa shape index (κ3) is 12.7. The van der Waals surface area contributed by atoms with Gasteiger partial charge in [0.1, 0.15) is 67.8 Å². The largest absolute Gasteiger partial charge is 0.338 e. The number of aromatic nitrogens is 10. The Morgan fingerprint density at radius 2 is 0.966 bits per heavy atom. The van der Waals surface area contributed by atoms with Crippen molar-refractivity contribution in [3.05, 3.63) is 143 Å². The number of nitriles is 2. The van der Waals surface area contributed by atoms with E-state index in [4.69, 9.17) is 31.3 Å². The van der Waals surface area contributed by atoms with Crippen LogP contribution in [0.2, 0.25) is 0 Å². The normalized spacial score (nSPS) is 14.1. The maximum absolute atomic E-state index is 13.6. The molecule has 88 heavy (non-hydrogen) atoms. The maximum atomic E-state index is 13.6. The second-order valence-electron chi connectivity index (χ2n) is 20.7. The van der Waals surface area contributed by atoms with Crippen molar-refractivity contribution in [2.75, 3.05) is 99.1 Å². The summed E-state index contributed by atoms with van der Waals surface area (Å²) in [6, 6.07) is 24.7. The molecule has 1 N–H and O–H groups in total.